The van der Waals surface area contributed by atoms with Crippen LogP contribution in [0.25, 0.3) is 10.2 Å². The summed E-state index contributed by atoms with van der Waals surface area (Å²) in [5.41, 5.74) is 1.14. The van der Waals surface area contributed by atoms with Crippen LogP contribution in [-0.4, -0.2) is 33.5 Å². The van der Waals surface area contributed by atoms with Crippen LogP contribution in [0.4, 0.5) is 0 Å². The third-order valence-corrected chi connectivity index (χ3v) is 7.40. The number of nitrogens with zero attached hydrogens (tertiary/aromatic N) is 1. The van der Waals surface area contributed by atoms with Crippen LogP contribution >= 0.6 is 34.4 Å². The first kappa shape index (κ1) is 18.2. The lowest BCUT2D eigenvalue weighted by Gasteiger charge is -2.10. The number of hydrogen-bond acceptors (Lipinski definition) is 7. The topological polar surface area (TPSA) is 75.2 Å². The smallest absolute Gasteiger partial charge is 0.260 e. The molecule has 0 amide bonds. The van der Waals surface area contributed by atoms with E-state index in [0.717, 1.165) is 34.4 Å². The molecular weight excluding hydrogens is 388 g/mol. The van der Waals surface area contributed by atoms with Gasteiger partial charge in [0.25, 0.3) is 5.56 Å². The van der Waals surface area contributed by atoms with Gasteiger partial charge in [0, 0.05) is 15.5 Å². The average molecular weight is 409 g/mol. The number of ether oxygens (including phenoxy) is 1. The number of thiophene rings is 2. The summed E-state index contributed by atoms with van der Waals surface area (Å²) >= 11 is 4.65. The molecule has 26 heavy (non-hydrogen) atoms. The van der Waals surface area contributed by atoms with Crippen LogP contribution in [0.1, 0.15) is 28.2 Å². The van der Waals surface area contributed by atoms with Gasteiger partial charge in [0.1, 0.15) is 4.83 Å². The number of fused-ring (bicyclic) bond motifs is 3. The van der Waals surface area contributed by atoms with Crippen LogP contribution in [0.3, 0.4) is 0 Å². The first-order valence-electron chi connectivity index (χ1n) is 8.66. The van der Waals surface area contributed by atoms with E-state index in [0.29, 0.717) is 17.5 Å². The highest BCUT2D eigenvalue weighted by Gasteiger charge is 2.20. The van der Waals surface area contributed by atoms with Crippen molar-refractivity contribution in [3.05, 3.63) is 43.2 Å². The maximum Gasteiger partial charge on any atom is 0.260 e. The standard InChI is InChI=1S/C18H20N2O3S3/c21-11(8-23-9-12-4-3-7-24-12)10-25-18-19-16(22)15-13-5-1-2-6-14(13)26-17(15)20-18/h3-4,7,11,21H,1-2,5-6,8-10H2,(H,19,20,22)/t11-/m0/s1. The van der Waals surface area contributed by atoms with Crippen LogP contribution in [0, 0.1) is 0 Å². The Balaban J connectivity index is 1.37. The van der Waals surface area contributed by atoms with Crippen molar-refractivity contribution in [3.63, 3.8) is 0 Å². The van der Waals surface area contributed by atoms with E-state index < -0.39 is 6.10 Å². The third kappa shape index (κ3) is 4.04. The van der Waals surface area contributed by atoms with Gasteiger partial charge in [-0.3, -0.25) is 4.79 Å². The molecule has 8 heteroatoms. The van der Waals surface area contributed by atoms with Gasteiger partial charge >= 0.3 is 0 Å². The number of rotatable bonds is 7. The fraction of sp³-hybridized carbons (Fsp3) is 0.444. The molecule has 1 aliphatic carbocycles. The van der Waals surface area contributed by atoms with Gasteiger partial charge in [-0.15, -0.1) is 22.7 Å². The highest BCUT2D eigenvalue weighted by Crippen LogP contribution is 2.34. The minimum atomic E-state index is -0.600. The number of aryl methyl sites for hydroxylation is 2. The lowest BCUT2D eigenvalue weighted by molar-refractivity contribution is 0.0409. The number of aliphatic hydroxyl groups excluding tert-OH is 1. The Morgan fingerprint density at radius 3 is 3.12 bits per heavy atom. The molecule has 2 N–H and O–H groups in total. The monoisotopic (exact) mass is 408 g/mol. The molecule has 5 nitrogen and oxygen atoms in total. The molecule has 0 spiro atoms. The highest BCUT2D eigenvalue weighted by atomic mass is 32.2. The minimum absolute atomic E-state index is 0.0552. The summed E-state index contributed by atoms with van der Waals surface area (Å²) < 4.78 is 5.53. The SMILES string of the molecule is O=c1[nH]c(SC[C@@H](O)COCc2cccs2)nc2sc3c(c12)CCCC3. The Labute approximate surface area is 163 Å². The number of thioether (sulfide) groups is 1. The number of nitrogens with one attached hydrogen (secondary N) is 1. The second-order valence-corrected chi connectivity index (χ2v) is 9.45. The molecule has 0 unspecified atom stereocenters. The van der Waals surface area contributed by atoms with Crippen molar-refractivity contribution < 1.29 is 9.84 Å². The quantitative estimate of drug-likeness (QED) is 0.462. The molecule has 0 fully saturated rings. The number of aromatic nitrogens is 2. The van der Waals surface area contributed by atoms with E-state index in [1.165, 1.54) is 28.6 Å². The number of hydrogen-bond donors (Lipinski definition) is 2. The van der Waals surface area contributed by atoms with Crippen molar-refractivity contribution in [1.82, 2.24) is 9.97 Å². The fourth-order valence-corrected chi connectivity index (χ4v) is 5.85. The van der Waals surface area contributed by atoms with E-state index in [1.54, 1.807) is 22.7 Å². The Kier molecular flexibility index (Phi) is 5.75. The number of aliphatic hydroxyl groups is 1. The number of H-pyrrole nitrogens is 1. The maximum absolute atomic E-state index is 12.5. The Hall–Kier alpha value is -1.19. The first-order chi connectivity index (χ1) is 12.7. The van der Waals surface area contributed by atoms with Crippen molar-refractivity contribution in [2.75, 3.05) is 12.4 Å². The summed E-state index contributed by atoms with van der Waals surface area (Å²) in [7, 11) is 0. The van der Waals surface area contributed by atoms with Gasteiger partial charge in [-0.2, -0.15) is 0 Å². The fourth-order valence-electron chi connectivity index (χ4n) is 3.13. The second kappa shape index (κ2) is 8.22. The van der Waals surface area contributed by atoms with Gasteiger partial charge in [0.2, 0.25) is 0 Å². The molecule has 4 rings (SSSR count). The largest absolute Gasteiger partial charge is 0.390 e. The molecule has 3 aromatic heterocycles. The van der Waals surface area contributed by atoms with Crippen molar-refractivity contribution in [1.29, 1.82) is 0 Å². The van der Waals surface area contributed by atoms with E-state index >= 15 is 0 Å². The molecule has 1 aliphatic rings. The van der Waals surface area contributed by atoms with Crippen LogP contribution in [0.15, 0.2) is 27.5 Å². The summed E-state index contributed by atoms with van der Waals surface area (Å²) in [5, 5.41) is 13.4. The van der Waals surface area contributed by atoms with Crippen LogP contribution in [0.2, 0.25) is 0 Å². The van der Waals surface area contributed by atoms with E-state index in [1.807, 2.05) is 17.5 Å². The summed E-state index contributed by atoms with van der Waals surface area (Å²) in [6.07, 6.45) is 3.77. The minimum Gasteiger partial charge on any atom is -0.390 e. The Bertz CT molecular complexity index is 933. The van der Waals surface area contributed by atoms with Crippen molar-refractivity contribution in [2.24, 2.45) is 0 Å². The van der Waals surface area contributed by atoms with Gasteiger partial charge in [0.15, 0.2) is 5.16 Å². The van der Waals surface area contributed by atoms with Gasteiger partial charge in [0.05, 0.1) is 24.7 Å². The molecule has 138 valence electrons. The van der Waals surface area contributed by atoms with Gasteiger partial charge in [-0.1, -0.05) is 17.8 Å². The Morgan fingerprint density at radius 2 is 2.27 bits per heavy atom. The summed E-state index contributed by atoms with van der Waals surface area (Å²) in [4.78, 5) is 23.3. The van der Waals surface area contributed by atoms with E-state index in [4.69, 9.17) is 4.74 Å². The molecule has 3 aromatic rings. The predicted octanol–water partition coefficient (Wildman–Crippen LogP) is 3.59. The van der Waals surface area contributed by atoms with Crippen molar-refractivity contribution in [2.45, 2.75) is 43.6 Å². The van der Waals surface area contributed by atoms with Gasteiger partial charge < -0.3 is 14.8 Å². The lowest BCUT2D eigenvalue weighted by Crippen LogP contribution is -2.18. The zero-order valence-corrected chi connectivity index (χ0v) is 16.6. The van der Waals surface area contributed by atoms with Gasteiger partial charge in [-0.25, -0.2) is 4.98 Å². The zero-order chi connectivity index (χ0) is 17.9. The molecular formula is C18H20N2O3S3. The van der Waals surface area contributed by atoms with E-state index in [2.05, 4.69) is 9.97 Å². The summed E-state index contributed by atoms with van der Waals surface area (Å²) in [6, 6.07) is 3.99. The van der Waals surface area contributed by atoms with E-state index in [-0.39, 0.29) is 12.2 Å². The maximum atomic E-state index is 12.5. The van der Waals surface area contributed by atoms with Gasteiger partial charge in [-0.05, 0) is 42.7 Å². The Morgan fingerprint density at radius 1 is 1.38 bits per heavy atom. The number of aromatic amines is 1. The summed E-state index contributed by atoms with van der Waals surface area (Å²) in [5.74, 6) is 0.435. The molecule has 0 radical (unpaired) electrons. The van der Waals surface area contributed by atoms with E-state index in [9.17, 15) is 9.90 Å². The highest BCUT2D eigenvalue weighted by molar-refractivity contribution is 7.99. The average Bonchev–Trinajstić information content (AvgIpc) is 3.27. The molecule has 0 saturated carbocycles. The molecule has 3 heterocycles. The molecule has 0 saturated heterocycles. The normalized spacial score (nSPS) is 15.3. The van der Waals surface area contributed by atoms with Crippen molar-refractivity contribution in [3.8, 4) is 0 Å². The molecule has 0 aliphatic heterocycles. The molecule has 1 atom stereocenters. The predicted molar refractivity (Wildman–Crippen MR) is 108 cm³/mol. The summed E-state index contributed by atoms with van der Waals surface area (Å²) in [6.45, 7) is 0.784. The van der Waals surface area contributed by atoms with Crippen LogP contribution < -0.4 is 5.56 Å². The third-order valence-electron chi connectivity index (χ3n) is 4.35. The van der Waals surface area contributed by atoms with Crippen LogP contribution in [-0.2, 0) is 24.2 Å². The second-order valence-electron chi connectivity index (χ2n) is 6.32. The molecule has 0 aromatic carbocycles. The van der Waals surface area contributed by atoms with Crippen molar-refractivity contribution >= 4 is 44.7 Å². The molecule has 0 bridgehead atoms. The zero-order valence-electron chi connectivity index (χ0n) is 14.2. The first-order valence-corrected chi connectivity index (χ1v) is 11.3. The van der Waals surface area contributed by atoms with Crippen LogP contribution in [0.5, 0.6) is 0 Å². The lowest BCUT2D eigenvalue weighted by atomic mass is 9.97.